The number of rotatable bonds is 7. The summed E-state index contributed by atoms with van der Waals surface area (Å²) in [5.41, 5.74) is 0.341. The lowest BCUT2D eigenvalue weighted by atomic mass is 10.0. The van der Waals surface area contributed by atoms with Crippen LogP contribution < -0.4 is 10.1 Å². The first kappa shape index (κ1) is 15.4. The molecule has 0 fully saturated rings. The van der Waals surface area contributed by atoms with E-state index in [1.807, 2.05) is 37.3 Å². The van der Waals surface area contributed by atoms with Crippen molar-refractivity contribution in [3.8, 4) is 5.75 Å². The summed E-state index contributed by atoms with van der Waals surface area (Å²) in [6.45, 7) is 3.03. The highest BCUT2D eigenvalue weighted by Crippen LogP contribution is 2.22. The van der Waals surface area contributed by atoms with Gasteiger partial charge in [0.1, 0.15) is 17.4 Å². The molecule has 4 heteroatoms. The van der Waals surface area contributed by atoms with Gasteiger partial charge >= 0.3 is 0 Å². The van der Waals surface area contributed by atoms with Crippen molar-refractivity contribution in [1.29, 1.82) is 0 Å². The molecule has 2 rings (SSSR count). The van der Waals surface area contributed by atoms with Crippen LogP contribution in [0.3, 0.4) is 0 Å². The quantitative estimate of drug-likeness (QED) is 0.830. The minimum atomic E-state index is -0.432. The van der Waals surface area contributed by atoms with E-state index in [9.17, 15) is 8.78 Å². The number of hydrogen-bond donors (Lipinski definition) is 1. The van der Waals surface area contributed by atoms with Gasteiger partial charge in [0.05, 0.1) is 6.61 Å². The van der Waals surface area contributed by atoms with Gasteiger partial charge in [-0.15, -0.1) is 0 Å². The molecule has 2 aromatic rings. The molecule has 0 radical (unpaired) electrons. The Hall–Kier alpha value is -1.94. The summed E-state index contributed by atoms with van der Waals surface area (Å²) in [6, 6.07) is 12.7. The summed E-state index contributed by atoms with van der Waals surface area (Å²) < 4.78 is 32.8. The molecule has 0 aliphatic heterocycles. The predicted molar refractivity (Wildman–Crippen MR) is 79.3 cm³/mol. The van der Waals surface area contributed by atoms with Gasteiger partial charge in [-0.3, -0.25) is 0 Å². The van der Waals surface area contributed by atoms with Crippen molar-refractivity contribution in [2.75, 3.05) is 13.2 Å². The maximum Gasteiger partial charge on any atom is 0.128 e. The molecular formula is C17H19F2NO. The van der Waals surface area contributed by atoms with Crippen LogP contribution in [0, 0.1) is 11.6 Å². The Bertz CT molecular complexity index is 560. The number of halogens is 2. The van der Waals surface area contributed by atoms with Gasteiger partial charge in [-0.1, -0.05) is 25.1 Å². The summed E-state index contributed by atoms with van der Waals surface area (Å²) in [4.78, 5) is 0. The van der Waals surface area contributed by atoms with Crippen molar-refractivity contribution in [3.63, 3.8) is 0 Å². The highest BCUT2D eigenvalue weighted by molar-refractivity contribution is 5.23. The zero-order valence-electron chi connectivity index (χ0n) is 12.0. The number of benzene rings is 2. The summed E-state index contributed by atoms with van der Waals surface area (Å²) in [5.74, 6) is -0.0622. The van der Waals surface area contributed by atoms with Gasteiger partial charge in [-0.2, -0.15) is 0 Å². The molecule has 2 aromatic carbocycles. The summed E-state index contributed by atoms with van der Waals surface area (Å²) in [5, 5.41) is 3.17. The van der Waals surface area contributed by atoms with Gasteiger partial charge < -0.3 is 10.1 Å². The molecule has 0 amide bonds. The van der Waals surface area contributed by atoms with Crippen molar-refractivity contribution in [1.82, 2.24) is 5.32 Å². The Morgan fingerprint density at radius 3 is 2.57 bits per heavy atom. The zero-order valence-corrected chi connectivity index (χ0v) is 12.0. The maximum atomic E-state index is 13.8. The summed E-state index contributed by atoms with van der Waals surface area (Å²) in [7, 11) is 0. The average Bonchev–Trinajstić information content (AvgIpc) is 2.50. The van der Waals surface area contributed by atoms with E-state index in [-0.39, 0.29) is 6.04 Å². The molecule has 0 bridgehead atoms. The van der Waals surface area contributed by atoms with Crippen molar-refractivity contribution in [2.45, 2.75) is 19.4 Å². The van der Waals surface area contributed by atoms with Gasteiger partial charge in [-0.25, -0.2) is 8.78 Å². The minimum Gasteiger partial charge on any atom is -0.494 e. The Balaban J connectivity index is 2.00. The maximum absolute atomic E-state index is 13.8. The highest BCUT2D eigenvalue weighted by atomic mass is 19.1. The third kappa shape index (κ3) is 4.53. The minimum absolute atomic E-state index is 0.269. The first-order valence-corrected chi connectivity index (χ1v) is 7.07. The van der Waals surface area contributed by atoms with Crippen LogP contribution >= 0.6 is 0 Å². The van der Waals surface area contributed by atoms with E-state index >= 15 is 0 Å². The van der Waals surface area contributed by atoms with Crippen LogP contribution in [0.1, 0.15) is 24.9 Å². The lowest BCUT2D eigenvalue weighted by molar-refractivity contribution is 0.285. The second kappa shape index (κ2) is 7.74. The van der Waals surface area contributed by atoms with E-state index in [2.05, 4.69) is 5.32 Å². The molecule has 1 N–H and O–H groups in total. The Morgan fingerprint density at radius 2 is 1.86 bits per heavy atom. The Kier molecular flexibility index (Phi) is 5.69. The highest BCUT2D eigenvalue weighted by Gasteiger charge is 2.15. The summed E-state index contributed by atoms with van der Waals surface area (Å²) in [6.07, 6.45) is 0.559. The second-order valence-corrected chi connectivity index (χ2v) is 4.73. The lowest BCUT2D eigenvalue weighted by Gasteiger charge is -2.19. The molecule has 1 atom stereocenters. The predicted octanol–water partition coefficient (Wildman–Crippen LogP) is 4.08. The van der Waals surface area contributed by atoms with E-state index in [0.717, 1.165) is 17.9 Å². The van der Waals surface area contributed by atoms with Crippen LogP contribution in [-0.4, -0.2) is 13.2 Å². The molecule has 0 heterocycles. The van der Waals surface area contributed by atoms with E-state index < -0.39 is 11.6 Å². The second-order valence-electron chi connectivity index (χ2n) is 4.73. The number of ether oxygens (including phenoxy) is 1. The number of hydrogen-bond acceptors (Lipinski definition) is 2. The molecule has 112 valence electrons. The van der Waals surface area contributed by atoms with E-state index in [1.165, 1.54) is 6.07 Å². The molecule has 0 spiro atoms. The molecule has 21 heavy (non-hydrogen) atoms. The van der Waals surface area contributed by atoms with Crippen LogP contribution in [0.2, 0.25) is 0 Å². The van der Waals surface area contributed by atoms with Crippen LogP contribution in [0.5, 0.6) is 5.75 Å². The third-order valence-electron chi connectivity index (χ3n) is 3.20. The molecule has 0 saturated heterocycles. The molecular weight excluding hydrogens is 272 g/mol. The fourth-order valence-electron chi connectivity index (χ4n) is 2.21. The van der Waals surface area contributed by atoms with E-state index in [1.54, 1.807) is 0 Å². The number of para-hydroxylation sites is 1. The van der Waals surface area contributed by atoms with Crippen LogP contribution in [0.4, 0.5) is 8.78 Å². The van der Waals surface area contributed by atoms with Gasteiger partial charge in [0.2, 0.25) is 0 Å². The SMILES string of the molecule is CCNC(CCOc1ccccc1)c1cc(F)ccc1F. The molecule has 0 aliphatic rings. The first-order valence-electron chi connectivity index (χ1n) is 7.07. The lowest BCUT2D eigenvalue weighted by Crippen LogP contribution is -2.24. The topological polar surface area (TPSA) is 21.3 Å². The molecule has 0 saturated carbocycles. The van der Waals surface area contributed by atoms with E-state index in [4.69, 9.17) is 4.74 Å². The molecule has 1 unspecified atom stereocenters. The largest absolute Gasteiger partial charge is 0.494 e. The van der Waals surface area contributed by atoms with Gasteiger partial charge in [0.25, 0.3) is 0 Å². The van der Waals surface area contributed by atoms with Crippen molar-refractivity contribution in [2.24, 2.45) is 0 Å². The van der Waals surface area contributed by atoms with Gasteiger partial charge in [0, 0.05) is 18.0 Å². The number of nitrogens with one attached hydrogen (secondary N) is 1. The van der Waals surface area contributed by atoms with Crippen molar-refractivity contribution in [3.05, 3.63) is 65.7 Å². The first-order chi connectivity index (χ1) is 10.2. The monoisotopic (exact) mass is 291 g/mol. The van der Waals surface area contributed by atoms with Crippen LogP contribution in [-0.2, 0) is 0 Å². The van der Waals surface area contributed by atoms with E-state index in [0.29, 0.717) is 25.1 Å². The molecule has 0 aliphatic carbocycles. The normalized spacial score (nSPS) is 12.1. The molecule has 0 aromatic heterocycles. The fourth-order valence-corrected chi connectivity index (χ4v) is 2.21. The fraction of sp³-hybridized carbons (Fsp3) is 0.294. The molecule has 2 nitrogen and oxygen atoms in total. The average molecular weight is 291 g/mol. The van der Waals surface area contributed by atoms with Crippen LogP contribution in [0.15, 0.2) is 48.5 Å². The third-order valence-corrected chi connectivity index (χ3v) is 3.20. The zero-order chi connectivity index (χ0) is 15.1. The smallest absolute Gasteiger partial charge is 0.128 e. The summed E-state index contributed by atoms with van der Waals surface area (Å²) >= 11 is 0. The van der Waals surface area contributed by atoms with Gasteiger partial charge in [0.15, 0.2) is 0 Å². The Morgan fingerprint density at radius 1 is 1.10 bits per heavy atom. The van der Waals surface area contributed by atoms with Crippen LogP contribution in [0.25, 0.3) is 0 Å². The van der Waals surface area contributed by atoms with Crippen molar-refractivity contribution >= 4 is 0 Å². The van der Waals surface area contributed by atoms with Crippen molar-refractivity contribution < 1.29 is 13.5 Å². The Labute approximate surface area is 123 Å². The van der Waals surface area contributed by atoms with Gasteiger partial charge in [-0.05, 0) is 36.9 Å². The standard InChI is InChI=1S/C17H19F2NO/c1-2-20-17(15-12-13(18)8-9-16(15)19)10-11-21-14-6-4-3-5-7-14/h3-9,12,17,20H,2,10-11H2,1H3.